The highest BCUT2D eigenvalue weighted by Crippen LogP contribution is 2.32. The number of nitrogens with two attached hydrogens (primary N) is 2. The fraction of sp³-hybridized carbons (Fsp3) is 0.200. The molecule has 0 saturated carbocycles. The lowest BCUT2D eigenvalue weighted by Crippen LogP contribution is -2.46. The monoisotopic (exact) mass is 221 g/mol. The van der Waals surface area contributed by atoms with E-state index in [9.17, 15) is 9.59 Å². The molecule has 3 amide bonds. The van der Waals surface area contributed by atoms with Crippen molar-refractivity contribution in [3.63, 3.8) is 0 Å². The fourth-order valence-electron chi connectivity index (χ4n) is 1.57. The smallest absolute Gasteiger partial charge is 0.326 e. The number of nitrogens with zero attached hydrogens (tertiary/aromatic N) is 1. The molecule has 0 fully saturated rings. The highest BCUT2D eigenvalue weighted by Gasteiger charge is 2.29. The Labute approximate surface area is 91.8 Å². The van der Waals surface area contributed by atoms with Crippen molar-refractivity contribution >= 4 is 17.6 Å². The number of ether oxygens (including phenoxy) is 1. The predicted molar refractivity (Wildman–Crippen MR) is 56.9 cm³/mol. The van der Waals surface area contributed by atoms with E-state index in [1.54, 1.807) is 18.2 Å². The minimum atomic E-state index is -0.816. The van der Waals surface area contributed by atoms with Crippen LogP contribution in [0.5, 0.6) is 5.75 Å². The number of carbonyl (C=O) groups is 2. The highest BCUT2D eigenvalue weighted by atomic mass is 16.5. The lowest BCUT2D eigenvalue weighted by molar-refractivity contribution is -0.120. The third-order valence-corrected chi connectivity index (χ3v) is 2.32. The number of amides is 3. The molecule has 0 unspecified atom stereocenters. The summed E-state index contributed by atoms with van der Waals surface area (Å²) in [5.41, 5.74) is 11.8. The second-order valence-corrected chi connectivity index (χ2v) is 3.36. The van der Waals surface area contributed by atoms with Gasteiger partial charge in [-0.2, -0.15) is 0 Å². The molecule has 1 aromatic rings. The van der Waals surface area contributed by atoms with E-state index < -0.39 is 11.9 Å². The zero-order valence-corrected chi connectivity index (χ0v) is 8.47. The van der Waals surface area contributed by atoms with Crippen LogP contribution < -0.4 is 21.1 Å². The summed E-state index contributed by atoms with van der Waals surface area (Å²) in [6.45, 7) is 0.131. The molecule has 2 rings (SSSR count). The fourth-order valence-corrected chi connectivity index (χ4v) is 1.57. The average Bonchev–Trinajstić information content (AvgIpc) is 2.27. The minimum Gasteiger partial charge on any atom is -0.482 e. The number of carbonyl (C=O) groups excluding carboxylic acids is 2. The number of benzene rings is 1. The van der Waals surface area contributed by atoms with E-state index in [0.29, 0.717) is 18.0 Å². The van der Waals surface area contributed by atoms with Crippen LogP contribution in [0, 0.1) is 0 Å². The molecule has 1 aliphatic rings. The molecule has 0 saturated heterocycles. The number of hydrogen-bond acceptors (Lipinski definition) is 4. The van der Waals surface area contributed by atoms with Crippen molar-refractivity contribution in [2.45, 2.75) is 6.54 Å². The van der Waals surface area contributed by atoms with Crippen LogP contribution in [0.2, 0.25) is 0 Å². The van der Waals surface area contributed by atoms with Gasteiger partial charge in [0.1, 0.15) is 5.75 Å². The molecule has 0 aliphatic carbocycles. The van der Waals surface area contributed by atoms with Gasteiger partial charge in [-0.25, -0.2) is 9.69 Å². The van der Waals surface area contributed by atoms with E-state index in [-0.39, 0.29) is 6.61 Å². The number of fused-ring (bicyclic) bond motifs is 1. The first-order valence-electron chi connectivity index (χ1n) is 4.71. The van der Waals surface area contributed by atoms with E-state index >= 15 is 0 Å². The standard InChI is InChI=1S/C10H11N3O3/c11-4-6-1-2-8-7(3-6)13(10(12)15)9(14)5-16-8/h1-3H,4-5,11H2,(H2,12,15). The second kappa shape index (κ2) is 3.82. The molecule has 6 nitrogen and oxygen atoms in total. The lowest BCUT2D eigenvalue weighted by Gasteiger charge is -2.26. The maximum atomic E-state index is 11.5. The van der Waals surface area contributed by atoms with E-state index in [4.69, 9.17) is 16.2 Å². The molecule has 1 aliphatic heterocycles. The molecular weight excluding hydrogens is 210 g/mol. The van der Waals surface area contributed by atoms with Gasteiger partial charge in [-0.05, 0) is 17.7 Å². The summed E-state index contributed by atoms with van der Waals surface area (Å²) in [5.74, 6) is -0.0234. The maximum Gasteiger partial charge on any atom is 0.326 e. The van der Waals surface area contributed by atoms with Crippen molar-refractivity contribution in [2.24, 2.45) is 11.5 Å². The Bertz CT molecular complexity index is 459. The second-order valence-electron chi connectivity index (χ2n) is 3.36. The molecule has 0 radical (unpaired) electrons. The van der Waals surface area contributed by atoms with Crippen LogP contribution in [0.3, 0.4) is 0 Å². The Kier molecular flexibility index (Phi) is 2.49. The quantitative estimate of drug-likeness (QED) is 0.694. The molecule has 1 heterocycles. The van der Waals surface area contributed by atoms with Crippen molar-refractivity contribution in [3.05, 3.63) is 23.8 Å². The van der Waals surface area contributed by atoms with Crippen molar-refractivity contribution in [2.75, 3.05) is 11.5 Å². The van der Waals surface area contributed by atoms with Gasteiger partial charge in [-0.3, -0.25) is 4.79 Å². The Morgan fingerprint density at radius 3 is 2.88 bits per heavy atom. The van der Waals surface area contributed by atoms with Gasteiger partial charge < -0.3 is 16.2 Å². The Morgan fingerprint density at radius 2 is 2.25 bits per heavy atom. The van der Waals surface area contributed by atoms with Crippen LogP contribution in [-0.4, -0.2) is 18.5 Å². The number of hydrogen-bond donors (Lipinski definition) is 2. The van der Waals surface area contributed by atoms with Crippen LogP contribution >= 0.6 is 0 Å². The maximum absolute atomic E-state index is 11.5. The molecule has 16 heavy (non-hydrogen) atoms. The van der Waals surface area contributed by atoms with Gasteiger partial charge in [0.25, 0.3) is 5.91 Å². The molecule has 84 valence electrons. The molecule has 0 spiro atoms. The summed E-state index contributed by atoms with van der Waals surface area (Å²) < 4.78 is 5.18. The summed E-state index contributed by atoms with van der Waals surface area (Å²) in [4.78, 5) is 23.5. The molecule has 0 bridgehead atoms. The first-order chi connectivity index (χ1) is 7.63. The summed E-state index contributed by atoms with van der Waals surface area (Å²) in [7, 11) is 0. The zero-order chi connectivity index (χ0) is 11.7. The molecule has 0 atom stereocenters. The third kappa shape index (κ3) is 1.59. The molecule has 1 aromatic carbocycles. The Hall–Kier alpha value is -2.08. The van der Waals surface area contributed by atoms with E-state index in [1.165, 1.54) is 0 Å². The van der Waals surface area contributed by atoms with Crippen molar-refractivity contribution in [1.29, 1.82) is 0 Å². The zero-order valence-electron chi connectivity index (χ0n) is 8.47. The first kappa shape index (κ1) is 10.4. The van der Waals surface area contributed by atoms with Crippen molar-refractivity contribution in [3.8, 4) is 5.75 Å². The normalized spacial score (nSPS) is 14.3. The molecular formula is C10H11N3O3. The van der Waals surface area contributed by atoms with Crippen molar-refractivity contribution < 1.29 is 14.3 Å². The van der Waals surface area contributed by atoms with Crippen LogP contribution in [0.1, 0.15) is 5.56 Å². The Morgan fingerprint density at radius 1 is 1.50 bits per heavy atom. The van der Waals surface area contributed by atoms with Gasteiger partial charge in [0.2, 0.25) is 0 Å². The van der Waals surface area contributed by atoms with Crippen LogP contribution in [0.25, 0.3) is 0 Å². The SMILES string of the molecule is NCc1ccc2c(c1)N(C(N)=O)C(=O)CO2. The number of anilines is 1. The number of primary amides is 1. The number of urea groups is 1. The summed E-state index contributed by atoms with van der Waals surface area (Å²) in [5, 5.41) is 0. The summed E-state index contributed by atoms with van der Waals surface area (Å²) in [6, 6.07) is 4.24. The minimum absolute atomic E-state index is 0.183. The topological polar surface area (TPSA) is 98.6 Å². The summed E-state index contributed by atoms with van der Waals surface area (Å²) in [6.07, 6.45) is 0. The van der Waals surface area contributed by atoms with Crippen LogP contribution in [0.4, 0.5) is 10.5 Å². The number of rotatable bonds is 1. The predicted octanol–water partition coefficient (Wildman–Crippen LogP) is -0.0506. The van der Waals surface area contributed by atoms with Crippen LogP contribution in [-0.2, 0) is 11.3 Å². The van der Waals surface area contributed by atoms with E-state index in [2.05, 4.69) is 0 Å². The largest absolute Gasteiger partial charge is 0.482 e. The van der Waals surface area contributed by atoms with Crippen molar-refractivity contribution in [1.82, 2.24) is 0 Å². The Balaban J connectivity index is 2.52. The van der Waals surface area contributed by atoms with E-state index in [0.717, 1.165) is 10.5 Å². The first-order valence-corrected chi connectivity index (χ1v) is 4.71. The third-order valence-electron chi connectivity index (χ3n) is 2.32. The van der Waals surface area contributed by atoms with Gasteiger partial charge >= 0.3 is 6.03 Å². The summed E-state index contributed by atoms with van der Waals surface area (Å²) >= 11 is 0. The average molecular weight is 221 g/mol. The van der Waals surface area contributed by atoms with Crippen LogP contribution in [0.15, 0.2) is 18.2 Å². The molecule has 0 aromatic heterocycles. The highest BCUT2D eigenvalue weighted by molar-refractivity contribution is 6.16. The number of imide groups is 1. The van der Waals surface area contributed by atoms with E-state index in [1.807, 2.05) is 0 Å². The molecule has 6 heteroatoms. The van der Waals surface area contributed by atoms with Gasteiger partial charge in [0.05, 0.1) is 5.69 Å². The van der Waals surface area contributed by atoms with Gasteiger partial charge in [-0.15, -0.1) is 0 Å². The van der Waals surface area contributed by atoms with Gasteiger partial charge in [0, 0.05) is 6.54 Å². The van der Waals surface area contributed by atoms with Gasteiger partial charge in [-0.1, -0.05) is 6.07 Å². The lowest BCUT2D eigenvalue weighted by atomic mass is 10.1. The molecule has 4 N–H and O–H groups in total. The van der Waals surface area contributed by atoms with Gasteiger partial charge in [0.15, 0.2) is 6.61 Å².